The van der Waals surface area contributed by atoms with Gasteiger partial charge in [-0.05, 0) is 42.1 Å². The highest BCUT2D eigenvalue weighted by molar-refractivity contribution is 7.89. The van der Waals surface area contributed by atoms with Crippen LogP contribution in [0.25, 0.3) is 10.8 Å². The Morgan fingerprint density at radius 3 is 2.71 bits per heavy atom. The van der Waals surface area contributed by atoms with Crippen LogP contribution in [0.4, 0.5) is 0 Å². The minimum atomic E-state index is -3.52. The lowest BCUT2D eigenvalue weighted by atomic mass is 10.2. The number of hydrogen-bond acceptors (Lipinski definition) is 8. The van der Waals surface area contributed by atoms with Gasteiger partial charge in [0.15, 0.2) is 0 Å². The highest BCUT2D eigenvalue weighted by atomic mass is 32.2. The molecular weight excluding hydrogens is 436 g/mol. The molecule has 0 aliphatic carbocycles. The molecule has 0 bridgehead atoms. The van der Waals surface area contributed by atoms with E-state index in [9.17, 15) is 8.42 Å². The molecule has 1 fully saturated rings. The molecule has 10 heteroatoms. The highest BCUT2D eigenvalue weighted by Gasteiger charge is 2.26. The predicted molar refractivity (Wildman–Crippen MR) is 118 cm³/mol. The highest BCUT2D eigenvalue weighted by Crippen LogP contribution is 2.24. The zero-order chi connectivity index (χ0) is 21.7. The molecule has 1 saturated heterocycles. The maximum Gasteiger partial charge on any atom is 0.257 e. The molecular formula is C21H26N4O4S2. The van der Waals surface area contributed by atoms with Crippen LogP contribution in [-0.4, -0.2) is 60.7 Å². The van der Waals surface area contributed by atoms with Crippen LogP contribution in [-0.2, 0) is 27.8 Å². The smallest absolute Gasteiger partial charge is 0.257 e. The third-order valence-corrected chi connectivity index (χ3v) is 7.76. The number of ether oxygens (including phenoxy) is 1. The summed E-state index contributed by atoms with van der Waals surface area (Å²) in [6.07, 6.45) is 0.956. The van der Waals surface area contributed by atoms with E-state index in [1.165, 1.54) is 4.31 Å². The van der Waals surface area contributed by atoms with Gasteiger partial charge in [0.25, 0.3) is 5.89 Å². The fourth-order valence-electron chi connectivity index (χ4n) is 3.54. The van der Waals surface area contributed by atoms with Gasteiger partial charge in [0.1, 0.15) is 0 Å². The third-order valence-electron chi connectivity index (χ3n) is 5.01. The van der Waals surface area contributed by atoms with Crippen LogP contribution in [0, 0.1) is 0 Å². The van der Waals surface area contributed by atoms with E-state index < -0.39 is 10.0 Å². The van der Waals surface area contributed by atoms with Crippen molar-refractivity contribution in [2.75, 3.05) is 32.8 Å². The van der Waals surface area contributed by atoms with Gasteiger partial charge in [-0.1, -0.05) is 25.1 Å². The number of hydrogen-bond donors (Lipinski definition) is 0. The lowest BCUT2D eigenvalue weighted by Crippen LogP contribution is -2.40. The van der Waals surface area contributed by atoms with Crippen molar-refractivity contribution >= 4 is 21.4 Å². The van der Waals surface area contributed by atoms with E-state index in [2.05, 4.69) is 22.0 Å². The Hall–Kier alpha value is -2.11. The molecule has 166 valence electrons. The summed E-state index contributed by atoms with van der Waals surface area (Å²) in [5, 5.41) is 10.3. The minimum absolute atomic E-state index is 0.320. The molecule has 1 aliphatic heterocycles. The SMILES string of the molecule is CCCN(Cc1cccc(S(=O)(=O)N2CCOCC2)c1)Cc1nnc(-c2cccs2)o1. The van der Waals surface area contributed by atoms with E-state index in [4.69, 9.17) is 9.15 Å². The maximum absolute atomic E-state index is 13.0. The normalized spacial score (nSPS) is 15.5. The van der Waals surface area contributed by atoms with Crippen LogP contribution in [0.15, 0.2) is 51.1 Å². The van der Waals surface area contributed by atoms with Crippen LogP contribution in [0.3, 0.4) is 0 Å². The van der Waals surface area contributed by atoms with E-state index >= 15 is 0 Å². The molecule has 0 unspecified atom stereocenters. The summed E-state index contributed by atoms with van der Waals surface area (Å²) in [5.41, 5.74) is 0.931. The Labute approximate surface area is 186 Å². The van der Waals surface area contributed by atoms with Gasteiger partial charge in [0.05, 0.1) is 29.5 Å². The van der Waals surface area contributed by atoms with Crippen molar-refractivity contribution in [3.63, 3.8) is 0 Å². The molecule has 0 spiro atoms. The van der Waals surface area contributed by atoms with Gasteiger partial charge in [0, 0.05) is 19.6 Å². The molecule has 1 aliphatic rings. The first-order valence-electron chi connectivity index (χ1n) is 10.3. The number of benzene rings is 1. The Morgan fingerprint density at radius 2 is 1.97 bits per heavy atom. The second-order valence-electron chi connectivity index (χ2n) is 7.35. The van der Waals surface area contributed by atoms with Gasteiger partial charge in [-0.2, -0.15) is 4.31 Å². The van der Waals surface area contributed by atoms with E-state index in [-0.39, 0.29) is 0 Å². The Morgan fingerprint density at radius 1 is 1.13 bits per heavy atom. The van der Waals surface area contributed by atoms with Gasteiger partial charge in [-0.15, -0.1) is 21.5 Å². The number of nitrogens with zero attached hydrogens (tertiary/aromatic N) is 4. The average molecular weight is 463 g/mol. The van der Waals surface area contributed by atoms with Crippen molar-refractivity contribution in [1.29, 1.82) is 0 Å². The Kier molecular flexibility index (Phi) is 7.13. The number of rotatable bonds is 9. The van der Waals surface area contributed by atoms with Crippen LogP contribution in [0.5, 0.6) is 0 Å². The lowest BCUT2D eigenvalue weighted by molar-refractivity contribution is 0.0730. The second-order valence-corrected chi connectivity index (χ2v) is 10.2. The Bertz CT molecular complexity index is 1080. The first-order valence-corrected chi connectivity index (χ1v) is 12.6. The lowest BCUT2D eigenvalue weighted by Gasteiger charge is -2.26. The molecule has 0 N–H and O–H groups in total. The predicted octanol–water partition coefficient (Wildman–Crippen LogP) is 3.23. The topological polar surface area (TPSA) is 88.8 Å². The van der Waals surface area contributed by atoms with E-state index in [1.54, 1.807) is 29.5 Å². The summed E-state index contributed by atoms with van der Waals surface area (Å²) in [6.45, 7) is 5.68. The van der Waals surface area contributed by atoms with Crippen LogP contribution in [0.2, 0.25) is 0 Å². The monoisotopic (exact) mass is 462 g/mol. The molecule has 8 nitrogen and oxygen atoms in total. The summed E-state index contributed by atoms with van der Waals surface area (Å²) in [6, 6.07) is 11.1. The molecule has 3 aromatic rings. The van der Waals surface area contributed by atoms with Gasteiger partial charge in [0.2, 0.25) is 15.9 Å². The average Bonchev–Trinajstić information content (AvgIpc) is 3.47. The molecule has 1 aromatic carbocycles. The fraction of sp³-hybridized carbons (Fsp3) is 0.429. The molecule has 4 rings (SSSR count). The van der Waals surface area contributed by atoms with E-state index in [0.717, 1.165) is 23.4 Å². The molecule has 0 radical (unpaired) electrons. The molecule has 0 saturated carbocycles. The van der Waals surface area contributed by atoms with Crippen LogP contribution in [0.1, 0.15) is 24.8 Å². The van der Waals surface area contributed by atoms with Gasteiger partial charge in [-0.3, -0.25) is 4.90 Å². The van der Waals surface area contributed by atoms with Crippen molar-refractivity contribution in [3.8, 4) is 10.8 Å². The molecule has 0 amide bonds. The number of morpholine rings is 1. The quantitative estimate of drug-likeness (QED) is 0.482. The zero-order valence-electron chi connectivity index (χ0n) is 17.4. The van der Waals surface area contributed by atoms with Crippen molar-refractivity contribution in [3.05, 3.63) is 53.2 Å². The van der Waals surface area contributed by atoms with Gasteiger partial charge < -0.3 is 9.15 Å². The van der Waals surface area contributed by atoms with Crippen molar-refractivity contribution < 1.29 is 17.6 Å². The first kappa shape index (κ1) is 22.1. The van der Waals surface area contributed by atoms with Crippen molar-refractivity contribution in [2.45, 2.75) is 31.3 Å². The fourth-order valence-corrected chi connectivity index (χ4v) is 5.66. The van der Waals surface area contributed by atoms with Crippen molar-refractivity contribution in [2.24, 2.45) is 0 Å². The van der Waals surface area contributed by atoms with E-state index in [0.29, 0.717) is 56.1 Å². The Balaban J connectivity index is 1.47. The van der Waals surface area contributed by atoms with Gasteiger partial charge in [-0.25, -0.2) is 8.42 Å². The second kappa shape index (κ2) is 10.0. The summed E-state index contributed by atoms with van der Waals surface area (Å²) >= 11 is 1.56. The van der Waals surface area contributed by atoms with Crippen LogP contribution >= 0.6 is 11.3 Å². The van der Waals surface area contributed by atoms with Gasteiger partial charge >= 0.3 is 0 Å². The summed E-state index contributed by atoms with van der Waals surface area (Å²) < 4.78 is 38.6. The number of thiophene rings is 1. The molecule has 31 heavy (non-hydrogen) atoms. The third kappa shape index (κ3) is 5.39. The molecule has 0 atom stereocenters. The number of sulfonamides is 1. The number of aromatic nitrogens is 2. The standard InChI is InChI=1S/C21H26N4O4S2/c1-2-8-24(16-20-22-23-21(29-20)19-7-4-13-30-19)15-17-5-3-6-18(14-17)31(26,27)25-9-11-28-12-10-25/h3-7,13-14H,2,8-12,15-16H2,1H3. The first-order chi connectivity index (χ1) is 15.1. The zero-order valence-corrected chi connectivity index (χ0v) is 19.1. The summed E-state index contributed by atoms with van der Waals surface area (Å²) in [7, 11) is -3.52. The maximum atomic E-state index is 13.0. The van der Waals surface area contributed by atoms with Crippen LogP contribution < -0.4 is 0 Å². The largest absolute Gasteiger partial charge is 0.419 e. The minimum Gasteiger partial charge on any atom is -0.419 e. The van der Waals surface area contributed by atoms with Crippen molar-refractivity contribution in [1.82, 2.24) is 19.4 Å². The van der Waals surface area contributed by atoms with E-state index in [1.807, 2.05) is 23.6 Å². The summed E-state index contributed by atoms with van der Waals surface area (Å²) in [5.74, 6) is 1.08. The summed E-state index contributed by atoms with van der Waals surface area (Å²) in [4.78, 5) is 3.45. The molecule has 2 aromatic heterocycles. The molecule has 3 heterocycles.